The van der Waals surface area contributed by atoms with Crippen LogP contribution in [0.3, 0.4) is 0 Å². The summed E-state index contributed by atoms with van der Waals surface area (Å²) in [6.07, 6.45) is 4.92. The summed E-state index contributed by atoms with van der Waals surface area (Å²) < 4.78 is 0. The fourth-order valence-corrected chi connectivity index (χ4v) is 2.40. The molecule has 0 spiro atoms. The van der Waals surface area contributed by atoms with Crippen LogP contribution in [0, 0.1) is 5.92 Å². The number of rotatable bonds is 8. The molecule has 0 amide bonds. The van der Waals surface area contributed by atoms with Crippen LogP contribution < -0.4 is 5.32 Å². The maximum atomic E-state index is 9.22. The summed E-state index contributed by atoms with van der Waals surface area (Å²) in [6, 6.07) is 1.06. The lowest BCUT2D eigenvalue weighted by molar-refractivity contribution is 0.157. The molecule has 102 valence electrons. The highest BCUT2D eigenvalue weighted by atomic mass is 16.3. The SMILES string of the molecule is CC(C)C(C)NCCCCN1CCCC1CO. The summed E-state index contributed by atoms with van der Waals surface area (Å²) in [7, 11) is 0. The van der Waals surface area contributed by atoms with Crippen molar-refractivity contribution in [2.45, 2.75) is 58.5 Å². The number of nitrogens with zero attached hydrogens (tertiary/aromatic N) is 1. The van der Waals surface area contributed by atoms with Gasteiger partial charge in [-0.15, -0.1) is 0 Å². The van der Waals surface area contributed by atoms with E-state index in [0.29, 0.717) is 24.6 Å². The smallest absolute Gasteiger partial charge is 0.0586 e. The van der Waals surface area contributed by atoms with Crippen LogP contribution >= 0.6 is 0 Å². The zero-order chi connectivity index (χ0) is 12.7. The molecule has 3 nitrogen and oxygen atoms in total. The second-order valence-corrected chi connectivity index (χ2v) is 5.71. The molecule has 0 aromatic rings. The first kappa shape index (κ1) is 14.9. The topological polar surface area (TPSA) is 35.5 Å². The van der Waals surface area contributed by atoms with E-state index < -0.39 is 0 Å². The third-order valence-corrected chi connectivity index (χ3v) is 4.05. The van der Waals surface area contributed by atoms with Gasteiger partial charge in [-0.2, -0.15) is 0 Å². The van der Waals surface area contributed by atoms with Gasteiger partial charge in [-0.25, -0.2) is 0 Å². The summed E-state index contributed by atoms with van der Waals surface area (Å²) in [5.74, 6) is 0.715. The quantitative estimate of drug-likeness (QED) is 0.638. The first-order chi connectivity index (χ1) is 8.15. The van der Waals surface area contributed by atoms with Crippen LogP contribution in [0.15, 0.2) is 0 Å². The van der Waals surface area contributed by atoms with Crippen LogP contribution in [0.2, 0.25) is 0 Å². The highest BCUT2D eigenvalue weighted by Crippen LogP contribution is 2.16. The third-order valence-electron chi connectivity index (χ3n) is 4.05. The lowest BCUT2D eigenvalue weighted by Crippen LogP contribution is -2.34. The van der Waals surface area contributed by atoms with Crippen molar-refractivity contribution in [3.63, 3.8) is 0 Å². The van der Waals surface area contributed by atoms with Crippen LogP contribution in [-0.2, 0) is 0 Å². The van der Waals surface area contributed by atoms with Gasteiger partial charge in [0.1, 0.15) is 0 Å². The van der Waals surface area contributed by atoms with Crippen molar-refractivity contribution in [2.24, 2.45) is 5.92 Å². The number of aliphatic hydroxyl groups excluding tert-OH is 1. The molecule has 0 aromatic heterocycles. The zero-order valence-electron chi connectivity index (χ0n) is 11.8. The van der Waals surface area contributed by atoms with Gasteiger partial charge in [0.15, 0.2) is 0 Å². The summed E-state index contributed by atoms with van der Waals surface area (Å²) >= 11 is 0. The highest BCUT2D eigenvalue weighted by molar-refractivity contribution is 4.78. The first-order valence-corrected chi connectivity index (χ1v) is 7.23. The van der Waals surface area contributed by atoms with Crippen LogP contribution in [0.4, 0.5) is 0 Å². The maximum Gasteiger partial charge on any atom is 0.0586 e. The van der Waals surface area contributed by atoms with E-state index in [1.807, 2.05) is 0 Å². The average molecular weight is 242 g/mol. The van der Waals surface area contributed by atoms with Crippen LogP contribution in [-0.4, -0.2) is 48.3 Å². The third kappa shape index (κ3) is 5.36. The number of nitrogens with one attached hydrogen (secondary N) is 1. The van der Waals surface area contributed by atoms with Gasteiger partial charge in [-0.3, -0.25) is 4.90 Å². The Hall–Kier alpha value is -0.120. The molecule has 1 heterocycles. The van der Waals surface area contributed by atoms with E-state index >= 15 is 0 Å². The minimum atomic E-state index is 0.336. The van der Waals surface area contributed by atoms with E-state index in [2.05, 4.69) is 31.0 Å². The molecule has 2 atom stereocenters. The molecule has 1 rings (SSSR count). The minimum Gasteiger partial charge on any atom is -0.395 e. The van der Waals surface area contributed by atoms with E-state index in [4.69, 9.17) is 0 Å². The van der Waals surface area contributed by atoms with Crippen molar-refractivity contribution in [1.29, 1.82) is 0 Å². The number of likely N-dealkylation sites (tertiary alicyclic amines) is 1. The van der Waals surface area contributed by atoms with E-state index in [1.54, 1.807) is 0 Å². The standard InChI is InChI=1S/C14H30N2O/c1-12(2)13(3)15-8-4-5-9-16-10-6-7-14(16)11-17/h12-15,17H,4-11H2,1-3H3. The lowest BCUT2D eigenvalue weighted by Gasteiger charge is -2.23. The minimum absolute atomic E-state index is 0.336. The Bertz CT molecular complexity index is 197. The fraction of sp³-hybridized carbons (Fsp3) is 1.00. The Labute approximate surface area is 107 Å². The van der Waals surface area contributed by atoms with Gasteiger partial charge in [0.05, 0.1) is 6.61 Å². The predicted octanol–water partition coefficient (Wildman–Crippen LogP) is 1.86. The highest BCUT2D eigenvalue weighted by Gasteiger charge is 2.22. The van der Waals surface area contributed by atoms with E-state index in [0.717, 1.165) is 13.1 Å². The van der Waals surface area contributed by atoms with Gasteiger partial charge < -0.3 is 10.4 Å². The van der Waals surface area contributed by atoms with Gasteiger partial charge in [0, 0.05) is 12.1 Å². The van der Waals surface area contributed by atoms with Gasteiger partial charge in [-0.05, 0) is 58.2 Å². The number of hydrogen-bond donors (Lipinski definition) is 2. The normalized spacial score (nSPS) is 23.5. The molecule has 0 aliphatic carbocycles. The molecule has 1 aliphatic heterocycles. The molecule has 0 bridgehead atoms. The van der Waals surface area contributed by atoms with Gasteiger partial charge in [0.25, 0.3) is 0 Å². The molecule has 2 N–H and O–H groups in total. The fourth-order valence-electron chi connectivity index (χ4n) is 2.40. The Kier molecular flexibility index (Phi) is 7.09. The molecule has 1 aliphatic rings. The Morgan fingerprint density at radius 1 is 1.29 bits per heavy atom. The van der Waals surface area contributed by atoms with Gasteiger partial charge >= 0.3 is 0 Å². The largest absolute Gasteiger partial charge is 0.395 e. The van der Waals surface area contributed by atoms with Crippen molar-refractivity contribution in [3.8, 4) is 0 Å². The molecule has 3 heteroatoms. The Balaban J connectivity index is 2.00. The molecular formula is C14H30N2O. The molecule has 1 fully saturated rings. The van der Waals surface area contributed by atoms with Crippen molar-refractivity contribution >= 4 is 0 Å². The van der Waals surface area contributed by atoms with E-state index in [1.165, 1.54) is 32.2 Å². The molecule has 2 unspecified atom stereocenters. The molecule has 0 aromatic carbocycles. The molecule has 0 radical (unpaired) electrons. The second kappa shape index (κ2) is 8.06. The van der Waals surface area contributed by atoms with E-state index in [-0.39, 0.29) is 0 Å². The molecule has 17 heavy (non-hydrogen) atoms. The van der Waals surface area contributed by atoms with Gasteiger partial charge in [0.2, 0.25) is 0 Å². The number of unbranched alkanes of at least 4 members (excludes halogenated alkanes) is 1. The van der Waals surface area contributed by atoms with Crippen molar-refractivity contribution in [1.82, 2.24) is 10.2 Å². The molecule has 1 saturated heterocycles. The van der Waals surface area contributed by atoms with Crippen molar-refractivity contribution in [2.75, 3.05) is 26.2 Å². The van der Waals surface area contributed by atoms with Crippen LogP contribution in [0.1, 0.15) is 46.5 Å². The van der Waals surface area contributed by atoms with Crippen LogP contribution in [0.5, 0.6) is 0 Å². The second-order valence-electron chi connectivity index (χ2n) is 5.71. The Morgan fingerprint density at radius 3 is 2.71 bits per heavy atom. The van der Waals surface area contributed by atoms with Gasteiger partial charge in [-0.1, -0.05) is 13.8 Å². The summed E-state index contributed by atoms with van der Waals surface area (Å²) in [5, 5.41) is 12.8. The lowest BCUT2D eigenvalue weighted by atomic mass is 10.1. The maximum absolute atomic E-state index is 9.22. The van der Waals surface area contributed by atoms with Crippen LogP contribution in [0.25, 0.3) is 0 Å². The average Bonchev–Trinajstić information content (AvgIpc) is 2.75. The van der Waals surface area contributed by atoms with E-state index in [9.17, 15) is 5.11 Å². The first-order valence-electron chi connectivity index (χ1n) is 7.23. The monoisotopic (exact) mass is 242 g/mol. The predicted molar refractivity (Wildman–Crippen MR) is 73.2 cm³/mol. The number of hydrogen-bond acceptors (Lipinski definition) is 3. The summed E-state index contributed by atoms with van der Waals surface area (Å²) in [6.45, 7) is 10.6. The van der Waals surface area contributed by atoms with Crippen molar-refractivity contribution < 1.29 is 5.11 Å². The Morgan fingerprint density at radius 2 is 2.06 bits per heavy atom. The van der Waals surface area contributed by atoms with Crippen molar-refractivity contribution in [3.05, 3.63) is 0 Å². The zero-order valence-corrected chi connectivity index (χ0v) is 11.8. The molecular weight excluding hydrogens is 212 g/mol. The molecule has 0 saturated carbocycles. The number of aliphatic hydroxyl groups is 1. The summed E-state index contributed by atoms with van der Waals surface area (Å²) in [4.78, 5) is 2.45. The summed E-state index contributed by atoms with van der Waals surface area (Å²) in [5.41, 5.74) is 0.